The first kappa shape index (κ1) is 20.7. The Balaban J connectivity index is 2.15. The van der Waals surface area contributed by atoms with E-state index in [1.165, 1.54) is 0 Å². The van der Waals surface area contributed by atoms with Gasteiger partial charge in [-0.05, 0) is 24.1 Å². The maximum atomic E-state index is 13.1. The van der Waals surface area contributed by atoms with Crippen molar-refractivity contribution >= 4 is 11.8 Å². The van der Waals surface area contributed by atoms with Gasteiger partial charge in [0, 0.05) is 38.4 Å². The first-order chi connectivity index (χ1) is 13.0. The molecule has 0 aliphatic rings. The molecule has 5 nitrogen and oxygen atoms in total. The Kier molecular flexibility index (Phi) is 8.11. The molecule has 0 atom stereocenters. The molecule has 0 aliphatic carbocycles. The monoisotopic (exact) mass is 369 g/mol. The maximum Gasteiger partial charge on any atom is 0.242 e. The predicted octanol–water partition coefficient (Wildman–Crippen LogP) is 3.59. The Hall–Kier alpha value is -2.56. The van der Waals surface area contributed by atoms with E-state index in [9.17, 15) is 9.59 Å². The first-order valence-corrected chi connectivity index (χ1v) is 9.74. The van der Waals surface area contributed by atoms with Crippen molar-refractivity contribution in [3.05, 3.63) is 59.9 Å². The molecule has 2 aromatic rings. The van der Waals surface area contributed by atoms with E-state index in [0.29, 0.717) is 26.1 Å². The lowest BCUT2D eigenvalue weighted by molar-refractivity contribution is -0.141. The molecule has 27 heavy (non-hydrogen) atoms. The number of aromatic nitrogens is 1. The zero-order chi connectivity index (χ0) is 19.6. The molecule has 2 amide bonds. The van der Waals surface area contributed by atoms with Gasteiger partial charge in [-0.3, -0.25) is 9.59 Å². The topological polar surface area (TPSA) is 45.6 Å². The van der Waals surface area contributed by atoms with E-state index >= 15 is 0 Å². The lowest BCUT2D eigenvalue weighted by Gasteiger charge is -2.28. The molecule has 0 unspecified atom stereocenters. The molecule has 146 valence electrons. The van der Waals surface area contributed by atoms with Crippen LogP contribution in [0.3, 0.4) is 0 Å². The molecule has 0 spiro atoms. The molecule has 0 fully saturated rings. The van der Waals surface area contributed by atoms with Crippen LogP contribution in [0.15, 0.2) is 48.7 Å². The molecule has 1 aromatic carbocycles. The molecule has 1 heterocycles. The second-order valence-corrected chi connectivity index (χ2v) is 6.87. The predicted molar refractivity (Wildman–Crippen MR) is 108 cm³/mol. The summed E-state index contributed by atoms with van der Waals surface area (Å²) in [5.74, 6) is 0.0216. The number of carbonyl (C=O) groups excluding carboxylic acids is 2. The van der Waals surface area contributed by atoms with Crippen LogP contribution >= 0.6 is 0 Å². The second-order valence-electron chi connectivity index (χ2n) is 6.87. The normalized spacial score (nSPS) is 10.6. The van der Waals surface area contributed by atoms with E-state index in [1.54, 1.807) is 4.90 Å². The standard InChI is InChI=1S/C22H31N3O2/c1-4-6-15-24(21(26)5-2)18-22(27)25(16-19-11-8-7-9-12-19)17-20-13-10-14-23(20)3/h7-14H,4-6,15-18H2,1-3H3. The highest BCUT2D eigenvalue weighted by atomic mass is 16.2. The van der Waals surface area contributed by atoms with Crippen LogP contribution in [0.2, 0.25) is 0 Å². The maximum absolute atomic E-state index is 13.1. The average Bonchev–Trinajstić information content (AvgIpc) is 3.09. The van der Waals surface area contributed by atoms with Gasteiger partial charge in [0.05, 0.1) is 13.1 Å². The molecule has 5 heteroatoms. The van der Waals surface area contributed by atoms with Crippen molar-refractivity contribution in [1.29, 1.82) is 0 Å². The van der Waals surface area contributed by atoms with Gasteiger partial charge in [0.15, 0.2) is 0 Å². The van der Waals surface area contributed by atoms with Crippen molar-refractivity contribution < 1.29 is 9.59 Å². The van der Waals surface area contributed by atoms with E-state index in [0.717, 1.165) is 24.1 Å². The van der Waals surface area contributed by atoms with E-state index < -0.39 is 0 Å². The summed E-state index contributed by atoms with van der Waals surface area (Å²) >= 11 is 0. The summed E-state index contributed by atoms with van der Waals surface area (Å²) in [6, 6.07) is 14.0. The summed E-state index contributed by atoms with van der Waals surface area (Å²) in [5, 5.41) is 0. The van der Waals surface area contributed by atoms with Crippen LogP contribution in [0.4, 0.5) is 0 Å². The summed E-state index contributed by atoms with van der Waals surface area (Å²) < 4.78 is 2.03. The summed E-state index contributed by atoms with van der Waals surface area (Å²) in [4.78, 5) is 28.9. The summed E-state index contributed by atoms with van der Waals surface area (Å²) in [5.41, 5.74) is 2.16. The summed E-state index contributed by atoms with van der Waals surface area (Å²) in [6.07, 6.45) is 4.32. The third-order valence-corrected chi connectivity index (χ3v) is 4.74. The van der Waals surface area contributed by atoms with Crippen molar-refractivity contribution in [3.8, 4) is 0 Å². The van der Waals surface area contributed by atoms with Crippen molar-refractivity contribution in [2.75, 3.05) is 13.1 Å². The van der Waals surface area contributed by atoms with Crippen LogP contribution in [-0.4, -0.2) is 39.3 Å². The van der Waals surface area contributed by atoms with Gasteiger partial charge in [-0.15, -0.1) is 0 Å². The van der Waals surface area contributed by atoms with Gasteiger partial charge in [0.25, 0.3) is 0 Å². The van der Waals surface area contributed by atoms with E-state index in [4.69, 9.17) is 0 Å². The first-order valence-electron chi connectivity index (χ1n) is 9.74. The van der Waals surface area contributed by atoms with Gasteiger partial charge in [0.1, 0.15) is 0 Å². The highest BCUT2D eigenvalue weighted by molar-refractivity contribution is 5.84. The Morgan fingerprint density at radius 3 is 2.26 bits per heavy atom. The van der Waals surface area contributed by atoms with Crippen molar-refractivity contribution in [1.82, 2.24) is 14.4 Å². The van der Waals surface area contributed by atoms with Crippen LogP contribution in [0.25, 0.3) is 0 Å². The largest absolute Gasteiger partial charge is 0.353 e. The molecule has 0 radical (unpaired) electrons. The minimum atomic E-state index is -0.0158. The molecule has 0 bridgehead atoms. The molecular formula is C22H31N3O2. The molecule has 2 rings (SSSR count). The Morgan fingerprint density at radius 1 is 0.926 bits per heavy atom. The SMILES string of the molecule is CCCCN(CC(=O)N(Cc1ccccc1)Cc1cccn1C)C(=O)CC. The van der Waals surface area contributed by atoms with Gasteiger partial charge in [-0.25, -0.2) is 0 Å². The number of carbonyl (C=O) groups is 2. The van der Waals surface area contributed by atoms with Crippen LogP contribution in [-0.2, 0) is 29.7 Å². The smallest absolute Gasteiger partial charge is 0.242 e. The van der Waals surface area contributed by atoms with Crippen molar-refractivity contribution in [3.63, 3.8) is 0 Å². The van der Waals surface area contributed by atoms with E-state index in [2.05, 4.69) is 6.92 Å². The number of aryl methyl sites for hydroxylation is 1. The minimum Gasteiger partial charge on any atom is -0.353 e. The number of hydrogen-bond acceptors (Lipinski definition) is 2. The fraction of sp³-hybridized carbons (Fsp3) is 0.455. The average molecular weight is 370 g/mol. The summed E-state index contributed by atoms with van der Waals surface area (Å²) in [7, 11) is 1.98. The zero-order valence-corrected chi connectivity index (χ0v) is 16.7. The van der Waals surface area contributed by atoms with Gasteiger partial charge in [-0.2, -0.15) is 0 Å². The van der Waals surface area contributed by atoms with Crippen LogP contribution in [0.5, 0.6) is 0 Å². The Labute approximate surface area is 162 Å². The number of nitrogens with zero attached hydrogens (tertiary/aromatic N) is 3. The lowest BCUT2D eigenvalue weighted by atomic mass is 10.2. The quantitative estimate of drug-likeness (QED) is 0.642. The van der Waals surface area contributed by atoms with E-state index in [-0.39, 0.29) is 18.4 Å². The molecular weight excluding hydrogens is 338 g/mol. The number of hydrogen-bond donors (Lipinski definition) is 0. The molecule has 1 aromatic heterocycles. The van der Waals surface area contributed by atoms with E-state index in [1.807, 2.05) is 72.1 Å². The zero-order valence-electron chi connectivity index (χ0n) is 16.7. The molecule has 0 aliphatic heterocycles. The number of rotatable bonds is 10. The Morgan fingerprint density at radius 2 is 1.67 bits per heavy atom. The lowest BCUT2D eigenvalue weighted by Crippen LogP contribution is -2.42. The fourth-order valence-corrected chi connectivity index (χ4v) is 3.02. The van der Waals surface area contributed by atoms with Crippen LogP contribution in [0, 0.1) is 0 Å². The third-order valence-electron chi connectivity index (χ3n) is 4.74. The minimum absolute atomic E-state index is 0.0158. The Bertz CT molecular complexity index is 724. The fourth-order valence-electron chi connectivity index (χ4n) is 3.02. The highest BCUT2D eigenvalue weighted by Crippen LogP contribution is 2.12. The molecule has 0 N–H and O–H groups in total. The van der Waals surface area contributed by atoms with Crippen LogP contribution < -0.4 is 0 Å². The van der Waals surface area contributed by atoms with Gasteiger partial charge in [-0.1, -0.05) is 50.6 Å². The highest BCUT2D eigenvalue weighted by Gasteiger charge is 2.21. The van der Waals surface area contributed by atoms with Gasteiger partial charge in [0.2, 0.25) is 11.8 Å². The van der Waals surface area contributed by atoms with Crippen molar-refractivity contribution in [2.45, 2.75) is 46.2 Å². The van der Waals surface area contributed by atoms with Gasteiger partial charge >= 0.3 is 0 Å². The second kappa shape index (κ2) is 10.6. The van der Waals surface area contributed by atoms with Crippen LogP contribution in [0.1, 0.15) is 44.4 Å². The van der Waals surface area contributed by atoms with Crippen molar-refractivity contribution in [2.24, 2.45) is 7.05 Å². The third kappa shape index (κ3) is 6.27. The molecule has 0 saturated heterocycles. The molecule has 0 saturated carbocycles. The number of benzene rings is 1. The number of unbranched alkanes of at least 4 members (excludes halogenated alkanes) is 1. The van der Waals surface area contributed by atoms with Gasteiger partial charge < -0.3 is 14.4 Å². The number of amides is 2. The summed E-state index contributed by atoms with van der Waals surface area (Å²) in [6.45, 7) is 5.78.